The summed E-state index contributed by atoms with van der Waals surface area (Å²) in [5.74, 6) is 3.00. The maximum absolute atomic E-state index is 6.12. The molecule has 0 spiro atoms. The van der Waals surface area contributed by atoms with Gasteiger partial charge in [0.05, 0.1) is 11.6 Å². The van der Waals surface area contributed by atoms with E-state index in [1.165, 1.54) is 0 Å². The molecular weight excluding hydrogens is 246 g/mol. The van der Waals surface area contributed by atoms with Crippen molar-refractivity contribution in [2.75, 3.05) is 18.0 Å². The molecule has 18 heavy (non-hydrogen) atoms. The molecule has 3 nitrogen and oxygen atoms in total. The predicted octanol–water partition coefficient (Wildman–Crippen LogP) is 3.17. The number of anilines is 1. The standard InChI is InChI=1S/C14H18ClN3/c1-10-8-17(9-11(10)2)14-12(7-15)18-6-4-3-5-13(18)16-14/h3-6,10-11H,7-9H2,1-2H3. The van der Waals surface area contributed by atoms with Gasteiger partial charge in [-0.2, -0.15) is 0 Å². The molecule has 2 aromatic rings. The largest absolute Gasteiger partial charge is 0.354 e. The Morgan fingerprint density at radius 1 is 1.28 bits per heavy atom. The van der Waals surface area contributed by atoms with Gasteiger partial charge in [0.25, 0.3) is 0 Å². The summed E-state index contributed by atoms with van der Waals surface area (Å²) in [7, 11) is 0. The molecule has 0 aliphatic carbocycles. The van der Waals surface area contributed by atoms with E-state index in [2.05, 4.69) is 23.1 Å². The van der Waals surface area contributed by atoms with Crippen LogP contribution in [0.25, 0.3) is 5.65 Å². The zero-order valence-corrected chi connectivity index (χ0v) is 11.6. The fourth-order valence-electron chi connectivity index (χ4n) is 2.71. The van der Waals surface area contributed by atoms with Crippen LogP contribution in [0.4, 0.5) is 5.82 Å². The monoisotopic (exact) mass is 263 g/mol. The highest BCUT2D eigenvalue weighted by molar-refractivity contribution is 6.17. The van der Waals surface area contributed by atoms with Crippen molar-refractivity contribution >= 4 is 23.1 Å². The molecule has 1 aliphatic heterocycles. The van der Waals surface area contributed by atoms with Crippen molar-refractivity contribution in [3.8, 4) is 0 Å². The molecule has 0 N–H and O–H groups in total. The van der Waals surface area contributed by atoms with E-state index in [0.29, 0.717) is 5.88 Å². The van der Waals surface area contributed by atoms with Crippen LogP contribution in [0.3, 0.4) is 0 Å². The molecule has 4 heteroatoms. The summed E-state index contributed by atoms with van der Waals surface area (Å²) in [4.78, 5) is 7.11. The van der Waals surface area contributed by atoms with Crippen LogP contribution in [-0.2, 0) is 5.88 Å². The molecule has 2 atom stereocenters. The summed E-state index contributed by atoms with van der Waals surface area (Å²) < 4.78 is 2.09. The smallest absolute Gasteiger partial charge is 0.152 e. The molecule has 2 aromatic heterocycles. The lowest BCUT2D eigenvalue weighted by Gasteiger charge is -2.16. The fraction of sp³-hybridized carbons (Fsp3) is 0.500. The molecule has 1 saturated heterocycles. The molecule has 1 fully saturated rings. The minimum atomic E-state index is 0.500. The molecule has 1 aliphatic rings. The molecule has 0 radical (unpaired) electrons. The number of nitrogens with zero attached hydrogens (tertiary/aromatic N) is 3. The Bertz CT molecular complexity index is 553. The SMILES string of the molecule is CC1CN(c2nc3ccccn3c2CCl)CC1C. The topological polar surface area (TPSA) is 20.5 Å². The molecule has 3 heterocycles. The minimum absolute atomic E-state index is 0.500. The maximum Gasteiger partial charge on any atom is 0.152 e. The molecule has 0 saturated carbocycles. The third kappa shape index (κ3) is 1.77. The maximum atomic E-state index is 6.12. The number of fused-ring (bicyclic) bond motifs is 1. The van der Waals surface area contributed by atoms with Crippen molar-refractivity contribution in [3.05, 3.63) is 30.1 Å². The lowest BCUT2D eigenvalue weighted by Crippen LogP contribution is -2.21. The lowest BCUT2D eigenvalue weighted by atomic mass is 10.0. The average Bonchev–Trinajstić information content (AvgIpc) is 2.90. The van der Waals surface area contributed by atoms with Gasteiger partial charge in [-0.1, -0.05) is 19.9 Å². The first kappa shape index (κ1) is 11.8. The molecular formula is C14H18ClN3. The second-order valence-corrected chi connectivity index (χ2v) is 5.57. The molecule has 3 rings (SSSR count). The first-order chi connectivity index (χ1) is 8.70. The highest BCUT2D eigenvalue weighted by Crippen LogP contribution is 2.30. The van der Waals surface area contributed by atoms with Gasteiger partial charge in [-0.15, -0.1) is 11.6 Å². The van der Waals surface area contributed by atoms with E-state index in [9.17, 15) is 0 Å². The second kappa shape index (κ2) is 4.47. The summed E-state index contributed by atoms with van der Waals surface area (Å²) in [6.45, 7) is 6.77. The van der Waals surface area contributed by atoms with Crippen LogP contribution in [0.2, 0.25) is 0 Å². The zero-order valence-electron chi connectivity index (χ0n) is 10.8. The van der Waals surface area contributed by atoms with Gasteiger partial charge in [0, 0.05) is 19.3 Å². The van der Waals surface area contributed by atoms with Gasteiger partial charge in [-0.3, -0.25) is 0 Å². The van der Waals surface area contributed by atoms with E-state index >= 15 is 0 Å². The number of aromatic nitrogens is 2. The van der Waals surface area contributed by atoms with Gasteiger partial charge in [-0.25, -0.2) is 4.98 Å². The van der Waals surface area contributed by atoms with Gasteiger partial charge in [0.2, 0.25) is 0 Å². The first-order valence-corrected chi connectivity index (χ1v) is 7.01. The Labute approximate surface area is 112 Å². The summed E-state index contributed by atoms with van der Waals surface area (Å²) in [6.07, 6.45) is 2.03. The highest BCUT2D eigenvalue weighted by atomic mass is 35.5. The zero-order chi connectivity index (χ0) is 12.7. The summed E-state index contributed by atoms with van der Waals surface area (Å²) >= 11 is 6.12. The summed E-state index contributed by atoms with van der Waals surface area (Å²) in [6, 6.07) is 6.06. The van der Waals surface area contributed by atoms with Gasteiger partial charge in [-0.05, 0) is 24.0 Å². The van der Waals surface area contributed by atoms with E-state index in [0.717, 1.165) is 42.1 Å². The Morgan fingerprint density at radius 2 is 2.00 bits per heavy atom. The van der Waals surface area contributed by atoms with E-state index in [4.69, 9.17) is 16.6 Å². The predicted molar refractivity (Wildman–Crippen MR) is 75.3 cm³/mol. The van der Waals surface area contributed by atoms with Crippen molar-refractivity contribution in [2.24, 2.45) is 11.8 Å². The molecule has 96 valence electrons. The van der Waals surface area contributed by atoms with Crippen LogP contribution in [0.5, 0.6) is 0 Å². The van der Waals surface area contributed by atoms with Crippen LogP contribution in [0.15, 0.2) is 24.4 Å². The van der Waals surface area contributed by atoms with Crippen molar-refractivity contribution in [1.29, 1.82) is 0 Å². The van der Waals surface area contributed by atoms with E-state index in [1.54, 1.807) is 0 Å². The van der Waals surface area contributed by atoms with Gasteiger partial charge >= 0.3 is 0 Å². The van der Waals surface area contributed by atoms with E-state index in [-0.39, 0.29) is 0 Å². The van der Waals surface area contributed by atoms with Crippen LogP contribution < -0.4 is 4.90 Å². The molecule has 0 bridgehead atoms. The van der Waals surface area contributed by atoms with Gasteiger partial charge in [0.1, 0.15) is 5.65 Å². The Morgan fingerprint density at radius 3 is 2.67 bits per heavy atom. The third-order valence-electron chi connectivity index (χ3n) is 4.02. The van der Waals surface area contributed by atoms with E-state index in [1.807, 2.05) is 24.4 Å². The van der Waals surface area contributed by atoms with Gasteiger partial charge in [0.15, 0.2) is 5.82 Å². The summed E-state index contributed by atoms with van der Waals surface area (Å²) in [5.41, 5.74) is 2.09. The molecule has 2 unspecified atom stereocenters. The lowest BCUT2D eigenvalue weighted by molar-refractivity contribution is 0.494. The van der Waals surface area contributed by atoms with Gasteiger partial charge < -0.3 is 9.30 Å². The van der Waals surface area contributed by atoms with Crippen LogP contribution in [0, 0.1) is 11.8 Å². The summed E-state index contributed by atoms with van der Waals surface area (Å²) in [5, 5.41) is 0. The average molecular weight is 264 g/mol. The molecule has 0 aromatic carbocycles. The van der Waals surface area contributed by atoms with Crippen molar-refractivity contribution in [2.45, 2.75) is 19.7 Å². The molecule has 0 amide bonds. The number of pyridine rings is 1. The quantitative estimate of drug-likeness (QED) is 0.776. The normalized spacial score (nSPS) is 24.1. The Balaban J connectivity index is 2.06. The second-order valence-electron chi connectivity index (χ2n) is 5.30. The first-order valence-electron chi connectivity index (χ1n) is 6.47. The third-order valence-corrected chi connectivity index (χ3v) is 4.28. The fourth-order valence-corrected chi connectivity index (χ4v) is 2.96. The van der Waals surface area contributed by atoms with Crippen LogP contribution in [0.1, 0.15) is 19.5 Å². The highest BCUT2D eigenvalue weighted by Gasteiger charge is 2.29. The van der Waals surface area contributed by atoms with Crippen molar-refractivity contribution in [1.82, 2.24) is 9.38 Å². The van der Waals surface area contributed by atoms with E-state index < -0.39 is 0 Å². The van der Waals surface area contributed by atoms with Crippen LogP contribution >= 0.6 is 11.6 Å². The number of alkyl halides is 1. The number of halogens is 1. The number of hydrogen-bond donors (Lipinski definition) is 0. The van der Waals surface area contributed by atoms with Crippen molar-refractivity contribution in [3.63, 3.8) is 0 Å². The number of rotatable bonds is 2. The number of hydrogen-bond acceptors (Lipinski definition) is 2. The Hall–Kier alpha value is -1.22. The van der Waals surface area contributed by atoms with Crippen LogP contribution in [-0.4, -0.2) is 22.5 Å². The minimum Gasteiger partial charge on any atom is -0.354 e. The number of imidazole rings is 1. The Kier molecular flexibility index (Phi) is 2.94. The van der Waals surface area contributed by atoms with Crippen molar-refractivity contribution < 1.29 is 0 Å².